The number of furan rings is 1. The van der Waals surface area contributed by atoms with Gasteiger partial charge in [0.2, 0.25) is 0 Å². The fourth-order valence-electron chi connectivity index (χ4n) is 2.98. The summed E-state index contributed by atoms with van der Waals surface area (Å²) in [5, 5.41) is 8.93. The van der Waals surface area contributed by atoms with Crippen LogP contribution in [0.1, 0.15) is 23.0 Å². The van der Waals surface area contributed by atoms with Gasteiger partial charge in [0, 0.05) is 31.4 Å². The van der Waals surface area contributed by atoms with Crippen LogP contribution in [0.5, 0.6) is 0 Å². The number of piperazine rings is 1. The number of rotatable bonds is 4. The van der Waals surface area contributed by atoms with Crippen molar-refractivity contribution in [1.82, 2.24) is 4.90 Å². The second-order valence-electron chi connectivity index (χ2n) is 5.72. The Morgan fingerprint density at radius 1 is 1.32 bits per heavy atom. The largest absolute Gasteiger partial charge is 0.478 e. The van der Waals surface area contributed by atoms with Crippen molar-refractivity contribution in [2.45, 2.75) is 19.5 Å². The highest BCUT2D eigenvalue weighted by Crippen LogP contribution is 2.21. The first-order valence-corrected chi connectivity index (χ1v) is 7.48. The van der Waals surface area contributed by atoms with E-state index in [2.05, 4.69) is 41.0 Å². The molecule has 0 spiro atoms. The molecule has 5 heteroatoms. The number of nitrogens with zero attached hydrogens (tertiary/aromatic N) is 2. The van der Waals surface area contributed by atoms with Gasteiger partial charge in [-0.3, -0.25) is 4.90 Å². The molecule has 2 heterocycles. The molecule has 1 aromatic heterocycles. The van der Waals surface area contributed by atoms with Crippen LogP contribution in [-0.4, -0.2) is 41.7 Å². The second-order valence-corrected chi connectivity index (χ2v) is 5.72. The van der Waals surface area contributed by atoms with Crippen molar-refractivity contribution in [1.29, 1.82) is 0 Å². The monoisotopic (exact) mass is 300 g/mol. The van der Waals surface area contributed by atoms with E-state index in [1.54, 1.807) is 6.07 Å². The van der Waals surface area contributed by atoms with Crippen LogP contribution in [0.15, 0.2) is 47.1 Å². The highest BCUT2D eigenvalue weighted by molar-refractivity contribution is 5.87. The number of carboxylic acid groups (broad SMARTS) is 1. The van der Waals surface area contributed by atoms with Crippen LogP contribution in [0.3, 0.4) is 0 Å². The summed E-state index contributed by atoms with van der Waals surface area (Å²) in [4.78, 5) is 15.6. The topological polar surface area (TPSA) is 56.9 Å². The van der Waals surface area contributed by atoms with Crippen LogP contribution in [0, 0.1) is 0 Å². The lowest BCUT2D eigenvalue weighted by atomic mass is 10.1. The molecule has 1 unspecified atom stereocenters. The Morgan fingerprint density at radius 3 is 2.73 bits per heavy atom. The van der Waals surface area contributed by atoms with Crippen LogP contribution in [0.4, 0.5) is 5.69 Å². The average Bonchev–Trinajstić information content (AvgIpc) is 2.97. The van der Waals surface area contributed by atoms with Crippen molar-refractivity contribution in [3.63, 3.8) is 0 Å². The zero-order chi connectivity index (χ0) is 15.5. The van der Waals surface area contributed by atoms with Crippen molar-refractivity contribution in [2.24, 2.45) is 0 Å². The average molecular weight is 300 g/mol. The minimum absolute atomic E-state index is 0.214. The highest BCUT2D eigenvalue weighted by Gasteiger charge is 2.24. The third-order valence-electron chi connectivity index (χ3n) is 4.08. The molecule has 1 fully saturated rings. The molecule has 1 aliphatic rings. The fraction of sp³-hybridized carbons (Fsp3) is 0.353. The van der Waals surface area contributed by atoms with Gasteiger partial charge in [-0.2, -0.15) is 0 Å². The van der Waals surface area contributed by atoms with Gasteiger partial charge in [0.05, 0.1) is 12.1 Å². The molecular formula is C17H20N2O3. The predicted octanol–water partition coefficient (Wildman–Crippen LogP) is 2.69. The standard InChI is InChI=1S/C17H20N2O3/c1-13-10-18(11-16-9-14(12-22-16)17(20)21)7-8-19(13)15-5-3-2-4-6-15/h2-6,9,12-13H,7-8,10-11H2,1H3,(H,20,21). The summed E-state index contributed by atoms with van der Waals surface area (Å²) in [5.41, 5.74) is 1.46. The first-order valence-electron chi connectivity index (χ1n) is 7.48. The first-order chi connectivity index (χ1) is 10.6. The van der Waals surface area contributed by atoms with Gasteiger partial charge in [-0.25, -0.2) is 4.79 Å². The Kier molecular flexibility index (Phi) is 4.15. The second kappa shape index (κ2) is 6.23. The van der Waals surface area contributed by atoms with Gasteiger partial charge in [0.1, 0.15) is 12.0 Å². The minimum atomic E-state index is -0.947. The number of anilines is 1. The van der Waals surface area contributed by atoms with Gasteiger partial charge >= 0.3 is 5.97 Å². The first kappa shape index (κ1) is 14.7. The molecule has 1 aromatic carbocycles. The summed E-state index contributed by atoms with van der Waals surface area (Å²) in [7, 11) is 0. The third-order valence-corrected chi connectivity index (χ3v) is 4.08. The Bertz CT molecular complexity index is 638. The molecular weight excluding hydrogens is 280 g/mol. The maximum Gasteiger partial charge on any atom is 0.338 e. The third kappa shape index (κ3) is 3.14. The molecule has 1 atom stereocenters. The molecule has 3 rings (SSSR count). The Morgan fingerprint density at radius 2 is 2.09 bits per heavy atom. The maximum atomic E-state index is 10.9. The summed E-state index contributed by atoms with van der Waals surface area (Å²) in [5.74, 6) is -0.241. The van der Waals surface area contributed by atoms with Gasteiger partial charge < -0.3 is 14.4 Å². The SMILES string of the molecule is CC1CN(Cc2cc(C(=O)O)co2)CCN1c1ccccc1. The molecule has 1 aliphatic heterocycles. The van der Waals surface area contributed by atoms with E-state index < -0.39 is 5.97 Å². The fourth-order valence-corrected chi connectivity index (χ4v) is 2.98. The highest BCUT2D eigenvalue weighted by atomic mass is 16.4. The number of aromatic carboxylic acids is 1. The van der Waals surface area contributed by atoms with E-state index >= 15 is 0 Å². The predicted molar refractivity (Wildman–Crippen MR) is 84.2 cm³/mol. The van der Waals surface area contributed by atoms with Crippen molar-refractivity contribution in [3.8, 4) is 0 Å². The van der Waals surface area contributed by atoms with E-state index in [1.807, 2.05) is 6.07 Å². The van der Waals surface area contributed by atoms with Crippen LogP contribution < -0.4 is 4.90 Å². The molecule has 2 aromatic rings. The molecule has 22 heavy (non-hydrogen) atoms. The number of hydrogen-bond acceptors (Lipinski definition) is 4. The minimum Gasteiger partial charge on any atom is -0.478 e. The van der Waals surface area contributed by atoms with Crippen molar-refractivity contribution < 1.29 is 14.3 Å². The van der Waals surface area contributed by atoms with E-state index in [9.17, 15) is 4.79 Å². The molecule has 1 N–H and O–H groups in total. The Hall–Kier alpha value is -2.27. The summed E-state index contributed by atoms with van der Waals surface area (Å²) in [6.45, 7) is 5.68. The van der Waals surface area contributed by atoms with Crippen LogP contribution in [0.25, 0.3) is 0 Å². The van der Waals surface area contributed by atoms with Crippen LogP contribution >= 0.6 is 0 Å². The zero-order valence-corrected chi connectivity index (χ0v) is 12.6. The lowest BCUT2D eigenvalue weighted by molar-refractivity contribution is 0.0696. The van der Waals surface area contributed by atoms with E-state index in [0.29, 0.717) is 18.3 Å². The van der Waals surface area contributed by atoms with Gasteiger partial charge in [-0.05, 0) is 25.1 Å². The Labute approximate surface area is 129 Å². The van der Waals surface area contributed by atoms with E-state index in [-0.39, 0.29) is 5.56 Å². The summed E-state index contributed by atoms with van der Waals surface area (Å²) < 4.78 is 5.34. The molecule has 116 valence electrons. The molecule has 0 saturated carbocycles. The lowest BCUT2D eigenvalue weighted by Gasteiger charge is -2.41. The summed E-state index contributed by atoms with van der Waals surface area (Å²) in [6.07, 6.45) is 1.31. The van der Waals surface area contributed by atoms with Crippen LogP contribution in [-0.2, 0) is 6.54 Å². The van der Waals surface area contributed by atoms with E-state index in [0.717, 1.165) is 19.6 Å². The smallest absolute Gasteiger partial charge is 0.338 e. The molecule has 0 radical (unpaired) electrons. The van der Waals surface area contributed by atoms with Gasteiger partial charge in [-0.1, -0.05) is 18.2 Å². The molecule has 0 bridgehead atoms. The normalized spacial score (nSPS) is 19.3. The molecule has 5 nitrogen and oxygen atoms in total. The molecule has 0 amide bonds. The van der Waals surface area contributed by atoms with E-state index in [4.69, 9.17) is 9.52 Å². The van der Waals surface area contributed by atoms with E-state index in [1.165, 1.54) is 12.0 Å². The van der Waals surface area contributed by atoms with Gasteiger partial charge in [-0.15, -0.1) is 0 Å². The number of para-hydroxylation sites is 1. The zero-order valence-electron chi connectivity index (χ0n) is 12.6. The van der Waals surface area contributed by atoms with Crippen molar-refractivity contribution in [3.05, 3.63) is 54.0 Å². The summed E-state index contributed by atoms with van der Waals surface area (Å²) in [6, 6.07) is 12.4. The van der Waals surface area contributed by atoms with Crippen molar-refractivity contribution in [2.75, 3.05) is 24.5 Å². The van der Waals surface area contributed by atoms with Gasteiger partial charge in [0.15, 0.2) is 0 Å². The number of benzene rings is 1. The summed E-state index contributed by atoms with van der Waals surface area (Å²) >= 11 is 0. The van der Waals surface area contributed by atoms with Crippen LogP contribution in [0.2, 0.25) is 0 Å². The molecule has 1 saturated heterocycles. The lowest BCUT2D eigenvalue weighted by Crippen LogP contribution is -2.51. The number of carboxylic acids is 1. The van der Waals surface area contributed by atoms with Gasteiger partial charge in [0.25, 0.3) is 0 Å². The number of carbonyl (C=O) groups is 1. The maximum absolute atomic E-state index is 10.9. The number of hydrogen-bond donors (Lipinski definition) is 1. The quantitative estimate of drug-likeness (QED) is 0.941. The Balaban J connectivity index is 1.61. The molecule has 0 aliphatic carbocycles. The van der Waals surface area contributed by atoms with Crippen molar-refractivity contribution >= 4 is 11.7 Å².